The number of nitrogens with two attached hydrogens (primary N) is 1. The van der Waals surface area contributed by atoms with Crippen LogP contribution in [0.3, 0.4) is 0 Å². The van der Waals surface area contributed by atoms with Crippen molar-refractivity contribution in [2.45, 2.75) is 18.9 Å². The lowest BCUT2D eigenvalue weighted by atomic mass is 10.2. The van der Waals surface area contributed by atoms with E-state index in [0.717, 1.165) is 6.42 Å². The zero-order valence-corrected chi connectivity index (χ0v) is 7.13. The summed E-state index contributed by atoms with van der Waals surface area (Å²) >= 11 is 0. The fourth-order valence-electron chi connectivity index (χ4n) is 0.854. The molecule has 5 heteroatoms. The molecule has 0 radical (unpaired) electrons. The van der Waals surface area contributed by atoms with Crippen LogP contribution in [0.4, 0.5) is 0 Å². The highest BCUT2D eigenvalue weighted by Crippen LogP contribution is 2.03. The second kappa shape index (κ2) is 5.77. The minimum absolute atomic E-state index is 0. The van der Waals surface area contributed by atoms with Gasteiger partial charge >= 0.3 is 0 Å². The SMILES string of the molecule is Cl.Cl.NC[C@@H]1CCC(=O)N1. The van der Waals surface area contributed by atoms with E-state index in [0.29, 0.717) is 13.0 Å². The van der Waals surface area contributed by atoms with Crippen molar-refractivity contribution in [2.24, 2.45) is 5.73 Å². The van der Waals surface area contributed by atoms with E-state index < -0.39 is 0 Å². The molecule has 3 nitrogen and oxygen atoms in total. The Morgan fingerprint density at radius 2 is 2.20 bits per heavy atom. The molecule has 0 aromatic heterocycles. The van der Waals surface area contributed by atoms with Crippen molar-refractivity contribution in [1.82, 2.24) is 5.32 Å². The average Bonchev–Trinajstić information content (AvgIpc) is 2.14. The second-order valence-corrected chi connectivity index (χ2v) is 2.04. The van der Waals surface area contributed by atoms with Crippen molar-refractivity contribution < 1.29 is 4.79 Å². The predicted octanol–water partition coefficient (Wildman–Crippen LogP) is 0.0673. The van der Waals surface area contributed by atoms with Gasteiger partial charge in [0.1, 0.15) is 0 Å². The number of amides is 1. The summed E-state index contributed by atoms with van der Waals surface area (Å²) in [5.41, 5.74) is 5.28. The summed E-state index contributed by atoms with van der Waals surface area (Å²) in [6.45, 7) is 0.575. The number of carbonyl (C=O) groups is 1. The molecule has 0 bridgehead atoms. The van der Waals surface area contributed by atoms with Crippen LogP contribution in [0.5, 0.6) is 0 Å². The third-order valence-electron chi connectivity index (χ3n) is 1.37. The standard InChI is InChI=1S/C5H10N2O.2ClH/c6-3-4-1-2-5(8)7-4;;/h4H,1-3,6H2,(H,7,8);2*1H/t4-;;/m0../s1. The Kier molecular flexibility index (Phi) is 7.31. The number of nitrogens with one attached hydrogen (secondary N) is 1. The normalized spacial score (nSPS) is 22.5. The van der Waals surface area contributed by atoms with E-state index in [1.165, 1.54) is 0 Å². The molecule has 0 spiro atoms. The first kappa shape index (κ1) is 12.7. The van der Waals surface area contributed by atoms with Crippen molar-refractivity contribution in [3.63, 3.8) is 0 Å². The number of halogens is 2. The van der Waals surface area contributed by atoms with Gasteiger partial charge in [0.25, 0.3) is 0 Å². The smallest absolute Gasteiger partial charge is 0.220 e. The molecule has 1 amide bonds. The van der Waals surface area contributed by atoms with E-state index in [1.807, 2.05) is 0 Å². The molecule has 1 saturated heterocycles. The maximum Gasteiger partial charge on any atom is 0.220 e. The van der Waals surface area contributed by atoms with E-state index in [-0.39, 0.29) is 36.8 Å². The molecular weight excluding hydrogens is 175 g/mol. The van der Waals surface area contributed by atoms with Gasteiger partial charge in [0.15, 0.2) is 0 Å². The summed E-state index contributed by atoms with van der Waals surface area (Å²) in [5.74, 6) is 0.139. The molecule has 0 aromatic rings. The summed E-state index contributed by atoms with van der Waals surface area (Å²) < 4.78 is 0. The monoisotopic (exact) mass is 186 g/mol. The number of hydrogen-bond donors (Lipinski definition) is 2. The maximum atomic E-state index is 10.4. The van der Waals surface area contributed by atoms with Crippen molar-refractivity contribution >= 4 is 30.7 Å². The third kappa shape index (κ3) is 3.25. The molecule has 10 heavy (non-hydrogen) atoms. The summed E-state index contributed by atoms with van der Waals surface area (Å²) in [5, 5.41) is 2.74. The molecule has 3 N–H and O–H groups in total. The predicted molar refractivity (Wildman–Crippen MR) is 44.7 cm³/mol. The first-order valence-corrected chi connectivity index (χ1v) is 2.82. The number of carbonyl (C=O) groups excluding carboxylic acids is 1. The lowest BCUT2D eigenvalue weighted by Crippen LogP contribution is -2.32. The first-order chi connectivity index (χ1) is 3.83. The van der Waals surface area contributed by atoms with Gasteiger partial charge < -0.3 is 11.1 Å². The van der Waals surface area contributed by atoms with Crippen molar-refractivity contribution in [3.05, 3.63) is 0 Å². The molecule has 1 aliphatic heterocycles. The van der Waals surface area contributed by atoms with E-state index >= 15 is 0 Å². The summed E-state index contributed by atoms with van der Waals surface area (Å²) in [7, 11) is 0. The van der Waals surface area contributed by atoms with Gasteiger partial charge in [0, 0.05) is 19.0 Å². The molecule has 0 saturated carbocycles. The highest BCUT2D eigenvalue weighted by molar-refractivity contribution is 5.85. The van der Waals surface area contributed by atoms with Crippen molar-refractivity contribution in [1.29, 1.82) is 0 Å². The molecule has 1 rings (SSSR count). The van der Waals surface area contributed by atoms with Gasteiger partial charge in [-0.15, -0.1) is 24.8 Å². The molecule has 1 aliphatic rings. The molecular formula is C5H12Cl2N2O. The lowest BCUT2D eigenvalue weighted by Gasteiger charge is -2.02. The largest absolute Gasteiger partial charge is 0.352 e. The van der Waals surface area contributed by atoms with Gasteiger partial charge in [0.2, 0.25) is 5.91 Å². The van der Waals surface area contributed by atoms with Gasteiger partial charge in [-0.25, -0.2) is 0 Å². The van der Waals surface area contributed by atoms with E-state index in [2.05, 4.69) is 5.32 Å². The van der Waals surface area contributed by atoms with Gasteiger partial charge in [0.05, 0.1) is 0 Å². The molecule has 1 atom stereocenters. The van der Waals surface area contributed by atoms with Crippen LogP contribution >= 0.6 is 24.8 Å². The Morgan fingerprint density at radius 3 is 2.40 bits per heavy atom. The van der Waals surface area contributed by atoms with Gasteiger partial charge in [-0.05, 0) is 6.42 Å². The third-order valence-corrected chi connectivity index (χ3v) is 1.37. The Bertz CT molecular complexity index is 110. The molecule has 62 valence electrons. The van der Waals surface area contributed by atoms with Crippen LogP contribution in [-0.4, -0.2) is 18.5 Å². The Morgan fingerprint density at radius 1 is 1.60 bits per heavy atom. The lowest BCUT2D eigenvalue weighted by molar-refractivity contribution is -0.119. The highest BCUT2D eigenvalue weighted by Gasteiger charge is 2.17. The topological polar surface area (TPSA) is 55.1 Å². The van der Waals surface area contributed by atoms with Crippen molar-refractivity contribution in [3.8, 4) is 0 Å². The summed E-state index contributed by atoms with van der Waals surface area (Å²) in [6, 6.07) is 0.252. The van der Waals surface area contributed by atoms with Crippen molar-refractivity contribution in [2.75, 3.05) is 6.54 Å². The van der Waals surface area contributed by atoms with Gasteiger partial charge in [-0.3, -0.25) is 4.79 Å². The van der Waals surface area contributed by atoms with Gasteiger partial charge in [-0.1, -0.05) is 0 Å². The van der Waals surface area contributed by atoms with Crippen LogP contribution in [0.25, 0.3) is 0 Å². The Labute approximate surface area is 72.6 Å². The molecule has 1 fully saturated rings. The minimum Gasteiger partial charge on any atom is -0.352 e. The maximum absolute atomic E-state index is 10.4. The zero-order valence-electron chi connectivity index (χ0n) is 5.50. The number of hydrogen-bond acceptors (Lipinski definition) is 2. The van der Waals surface area contributed by atoms with Crippen LogP contribution in [0.1, 0.15) is 12.8 Å². The van der Waals surface area contributed by atoms with Crippen LogP contribution in [0, 0.1) is 0 Å². The van der Waals surface area contributed by atoms with E-state index in [1.54, 1.807) is 0 Å². The van der Waals surface area contributed by atoms with Crippen LogP contribution < -0.4 is 11.1 Å². The fraction of sp³-hybridized carbons (Fsp3) is 0.800. The molecule has 0 unspecified atom stereocenters. The highest BCUT2D eigenvalue weighted by atomic mass is 35.5. The average molecular weight is 187 g/mol. The molecule has 1 heterocycles. The van der Waals surface area contributed by atoms with E-state index in [9.17, 15) is 4.79 Å². The quantitative estimate of drug-likeness (QED) is 0.610. The zero-order chi connectivity index (χ0) is 5.98. The second-order valence-electron chi connectivity index (χ2n) is 2.04. The summed E-state index contributed by atoms with van der Waals surface area (Å²) in [6.07, 6.45) is 1.57. The fourth-order valence-corrected chi connectivity index (χ4v) is 0.854. The molecule has 0 aromatic carbocycles. The van der Waals surface area contributed by atoms with E-state index in [4.69, 9.17) is 5.73 Å². The minimum atomic E-state index is 0. The Balaban J connectivity index is 0. The Hall–Kier alpha value is 0.01000. The van der Waals surface area contributed by atoms with Gasteiger partial charge in [-0.2, -0.15) is 0 Å². The van der Waals surface area contributed by atoms with Crippen LogP contribution in [-0.2, 0) is 4.79 Å². The summed E-state index contributed by atoms with van der Waals surface area (Å²) in [4.78, 5) is 10.4. The van der Waals surface area contributed by atoms with Crippen LogP contribution in [0.2, 0.25) is 0 Å². The first-order valence-electron chi connectivity index (χ1n) is 2.82. The van der Waals surface area contributed by atoms with Crippen LogP contribution in [0.15, 0.2) is 0 Å². The number of rotatable bonds is 1. The molecule has 0 aliphatic carbocycles.